The number of esters is 2. The van der Waals surface area contributed by atoms with Crippen molar-refractivity contribution in [2.24, 2.45) is 0 Å². The number of benzene rings is 2. The predicted octanol–water partition coefficient (Wildman–Crippen LogP) is -1.75. The molecule has 270 valence electrons. The maximum atomic E-state index is 12.8. The number of phenols is 3. The normalized spacial score (nSPS) is 27.3. The van der Waals surface area contributed by atoms with Crippen molar-refractivity contribution in [1.82, 2.24) is 0 Å². The fraction of sp³-hybridized carbons (Fsp3) is 0.344. The summed E-state index contributed by atoms with van der Waals surface area (Å²) in [6.07, 6.45) is -9.89. The lowest BCUT2D eigenvalue weighted by Gasteiger charge is -2.39. The molecule has 2 aromatic rings. The van der Waals surface area contributed by atoms with Crippen LogP contribution in [0.3, 0.4) is 0 Å². The zero-order valence-corrected chi connectivity index (χ0v) is 25.7. The second-order valence-electron chi connectivity index (χ2n) is 10.9. The number of rotatable bonds is 12. The first-order valence-electron chi connectivity index (χ1n) is 14.7. The summed E-state index contributed by atoms with van der Waals surface area (Å²) in [6, 6.07) is 7.35. The van der Waals surface area contributed by atoms with E-state index >= 15 is 0 Å². The van der Waals surface area contributed by atoms with E-state index in [1.165, 1.54) is 24.3 Å². The Hall–Kier alpha value is -5.21. The Morgan fingerprint density at radius 1 is 0.820 bits per heavy atom. The number of hydrogen-bond acceptors (Lipinski definition) is 17. The number of aliphatic carboxylic acids is 1. The van der Waals surface area contributed by atoms with Gasteiger partial charge in [-0.3, -0.25) is 0 Å². The van der Waals surface area contributed by atoms with Crippen molar-refractivity contribution in [3.05, 3.63) is 71.5 Å². The third kappa shape index (κ3) is 9.07. The first-order valence-corrected chi connectivity index (χ1v) is 14.7. The van der Waals surface area contributed by atoms with E-state index in [2.05, 4.69) is 0 Å². The average molecular weight is 707 g/mol. The minimum atomic E-state index is -1.81. The summed E-state index contributed by atoms with van der Waals surface area (Å²) < 4.78 is 26.6. The summed E-state index contributed by atoms with van der Waals surface area (Å²) >= 11 is 0. The van der Waals surface area contributed by atoms with Gasteiger partial charge >= 0.3 is 17.9 Å². The highest BCUT2D eigenvalue weighted by Gasteiger charge is 2.46. The molecular formula is C32H34O18. The highest BCUT2D eigenvalue weighted by atomic mass is 16.7. The van der Waals surface area contributed by atoms with Crippen LogP contribution in [0.25, 0.3) is 12.2 Å². The Morgan fingerprint density at radius 2 is 1.44 bits per heavy atom. The molecule has 9 atom stereocenters. The number of aliphatic hydroxyl groups is 6. The van der Waals surface area contributed by atoms with E-state index in [-0.39, 0.29) is 16.9 Å². The molecule has 18 nitrogen and oxygen atoms in total. The monoisotopic (exact) mass is 706 g/mol. The molecule has 2 aliphatic heterocycles. The molecule has 0 aromatic heterocycles. The number of hydrogen-bond donors (Lipinski definition) is 10. The number of phenolic OH excluding ortho intramolecular Hbond substituents is 3. The van der Waals surface area contributed by atoms with E-state index < -0.39 is 109 Å². The smallest absolute Gasteiger partial charge is 0.370 e. The van der Waals surface area contributed by atoms with Crippen molar-refractivity contribution in [2.75, 3.05) is 13.2 Å². The van der Waals surface area contributed by atoms with E-state index in [4.69, 9.17) is 23.7 Å². The second kappa shape index (κ2) is 16.5. The van der Waals surface area contributed by atoms with Crippen molar-refractivity contribution < 1.29 is 89.1 Å². The van der Waals surface area contributed by atoms with Gasteiger partial charge in [-0.05, 0) is 47.5 Å². The number of ether oxygens (including phenoxy) is 5. The third-order valence-electron chi connectivity index (χ3n) is 7.41. The molecule has 50 heavy (non-hydrogen) atoms. The van der Waals surface area contributed by atoms with Crippen LogP contribution in [0.5, 0.6) is 23.0 Å². The molecule has 2 heterocycles. The quantitative estimate of drug-likeness (QED) is 0.0665. The largest absolute Gasteiger partial charge is 0.504 e. The Labute approximate surface area is 282 Å². The van der Waals surface area contributed by atoms with Crippen LogP contribution in [-0.2, 0) is 33.3 Å². The molecule has 0 bridgehead atoms. The molecule has 2 aromatic carbocycles. The molecule has 0 saturated carbocycles. The van der Waals surface area contributed by atoms with Crippen molar-refractivity contribution in [3.63, 3.8) is 0 Å². The van der Waals surface area contributed by atoms with Gasteiger partial charge in [-0.2, -0.15) is 0 Å². The number of aromatic hydroxyl groups is 3. The lowest BCUT2D eigenvalue weighted by Crippen LogP contribution is -2.60. The molecule has 18 heteroatoms. The summed E-state index contributed by atoms with van der Waals surface area (Å²) in [6.45, 7) is -1.66. The Morgan fingerprint density at radius 3 is 2.02 bits per heavy atom. The molecular weight excluding hydrogens is 672 g/mol. The van der Waals surface area contributed by atoms with Gasteiger partial charge in [0.2, 0.25) is 12.0 Å². The van der Waals surface area contributed by atoms with Gasteiger partial charge in [0.25, 0.3) is 0 Å². The van der Waals surface area contributed by atoms with E-state index in [9.17, 15) is 65.4 Å². The fourth-order valence-electron chi connectivity index (χ4n) is 4.79. The first kappa shape index (κ1) is 37.6. The Bertz CT molecular complexity index is 1630. The van der Waals surface area contributed by atoms with Crippen LogP contribution in [-0.4, -0.2) is 137 Å². The third-order valence-corrected chi connectivity index (χ3v) is 7.41. The molecule has 1 fully saturated rings. The molecule has 0 spiro atoms. The van der Waals surface area contributed by atoms with Crippen LogP contribution in [0.2, 0.25) is 0 Å². The molecule has 0 amide bonds. The van der Waals surface area contributed by atoms with Crippen LogP contribution in [0.4, 0.5) is 0 Å². The molecule has 2 aliphatic rings. The zero-order valence-electron chi connectivity index (χ0n) is 25.7. The van der Waals surface area contributed by atoms with Gasteiger partial charge in [0.15, 0.2) is 41.3 Å². The Kier molecular flexibility index (Phi) is 12.4. The number of carbonyl (C=O) groups excluding carboxylic acids is 2. The lowest BCUT2D eigenvalue weighted by atomic mass is 9.99. The first-order chi connectivity index (χ1) is 23.7. The summed E-state index contributed by atoms with van der Waals surface area (Å²) in [7, 11) is 0. The molecule has 4 rings (SSSR count). The fourth-order valence-corrected chi connectivity index (χ4v) is 4.79. The minimum absolute atomic E-state index is 0.191. The van der Waals surface area contributed by atoms with Crippen molar-refractivity contribution >= 4 is 30.1 Å². The van der Waals surface area contributed by atoms with Gasteiger partial charge in [0, 0.05) is 18.2 Å². The molecule has 0 aliphatic carbocycles. The zero-order chi connectivity index (χ0) is 36.7. The number of carbonyl (C=O) groups is 3. The molecule has 9 unspecified atom stereocenters. The topological polar surface area (TPSA) is 300 Å². The van der Waals surface area contributed by atoms with Crippen molar-refractivity contribution in [3.8, 4) is 23.0 Å². The van der Waals surface area contributed by atoms with E-state index in [1.807, 2.05) is 0 Å². The van der Waals surface area contributed by atoms with Crippen LogP contribution in [0.15, 0.2) is 60.4 Å². The summed E-state index contributed by atoms with van der Waals surface area (Å²) in [5.41, 5.74) is 0.459. The molecule has 10 N–H and O–H groups in total. The lowest BCUT2D eigenvalue weighted by molar-refractivity contribution is -0.277. The number of carboxylic acids is 1. The maximum Gasteiger partial charge on any atom is 0.370 e. The van der Waals surface area contributed by atoms with Crippen molar-refractivity contribution in [2.45, 2.75) is 55.1 Å². The highest BCUT2D eigenvalue weighted by molar-refractivity contribution is 5.89. The van der Waals surface area contributed by atoms with Gasteiger partial charge in [0.1, 0.15) is 30.5 Å². The van der Waals surface area contributed by atoms with Gasteiger partial charge in [-0.15, -0.1) is 0 Å². The van der Waals surface area contributed by atoms with E-state index in [0.29, 0.717) is 0 Å². The van der Waals surface area contributed by atoms with E-state index in [0.717, 1.165) is 42.5 Å². The minimum Gasteiger partial charge on any atom is -0.504 e. The standard InChI is InChI=1S/C32H34O18/c33-12-19(38)29-30(50-25(40)8-4-14-1-5-16(35)17(36)9-14)21(11-22(47-29)31(44)45)46-24(39)7-3-15-2-6-20(18(37)10-15)48-32-28(43)27(42)26(41)23(13-34)49-32/h1-11,19,21,23,26-30,32-38,41-43H,12-13H2,(H,44,45). The average Bonchev–Trinajstić information content (AvgIpc) is 3.09. The molecule has 1 saturated heterocycles. The summed E-state index contributed by atoms with van der Waals surface area (Å²) in [5.74, 6) is -6.25. The highest BCUT2D eigenvalue weighted by Crippen LogP contribution is 2.32. The summed E-state index contributed by atoms with van der Waals surface area (Å²) in [4.78, 5) is 37.3. The summed E-state index contributed by atoms with van der Waals surface area (Å²) in [5, 5.41) is 98.3. The molecule has 0 radical (unpaired) electrons. The Balaban J connectivity index is 1.49. The van der Waals surface area contributed by atoms with Gasteiger partial charge in [-0.25, -0.2) is 14.4 Å². The van der Waals surface area contributed by atoms with E-state index in [1.54, 1.807) is 0 Å². The van der Waals surface area contributed by atoms with Gasteiger partial charge in [0.05, 0.1) is 13.2 Å². The number of aliphatic hydroxyl groups excluding tert-OH is 6. The SMILES string of the molecule is O=C(C=Cc1ccc(OC2OC(CO)C(O)C(O)C2O)c(O)c1)OC1C=C(C(=O)O)OC(C(O)CO)C1OC(=O)C=Cc1ccc(O)c(O)c1. The van der Waals surface area contributed by atoms with Crippen LogP contribution in [0, 0.1) is 0 Å². The maximum absolute atomic E-state index is 12.8. The predicted molar refractivity (Wildman–Crippen MR) is 164 cm³/mol. The van der Waals surface area contributed by atoms with Crippen molar-refractivity contribution in [1.29, 1.82) is 0 Å². The number of carboxylic acid groups (broad SMARTS) is 1. The van der Waals surface area contributed by atoms with Gasteiger partial charge < -0.3 is 74.7 Å². The van der Waals surface area contributed by atoms with Crippen LogP contribution >= 0.6 is 0 Å². The van der Waals surface area contributed by atoms with Crippen LogP contribution in [0.1, 0.15) is 11.1 Å². The second-order valence-corrected chi connectivity index (χ2v) is 10.9. The van der Waals surface area contributed by atoms with Gasteiger partial charge in [-0.1, -0.05) is 12.1 Å². The van der Waals surface area contributed by atoms with Crippen LogP contribution < -0.4 is 4.74 Å².